The number of halogens is 1. The summed E-state index contributed by atoms with van der Waals surface area (Å²) in [5.74, 6) is -1.73. The normalized spacial score (nSPS) is 21.1. The summed E-state index contributed by atoms with van der Waals surface area (Å²) < 4.78 is 0.931. The number of benzene rings is 2. The zero-order chi connectivity index (χ0) is 22.4. The molecule has 2 aliphatic rings. The molecule has 1 fully saturated rings. The number of thiazole rings is 1. The minimum Gasteiger partial charge on any atom is -0.274 e. The quantitative estimate of drug-likeness (QED) is 0.403. The van der Waals surface area contributed by atoms with E-state index in [1.165, 1.54) is 16.2 Å². The molecule has 6 nitrogen and oxygen atoms in total. The number of fused-ring (bicyclic) bond motifs is 2. The van der Waals surface area contributed by atoms with Gasteiger partial charge < -0.3 is 0 Å². The molecule has 1 aliphatic heterocycles. The van der Waals surface area contributed by atoms with Crippen LogP contribution in [0.1, 0.15) is 19.8 Å². The van der Waals surface area contributed by atoms with Crippen molar-refractivity contribution in [1.29, 1.82) is 0 Å². The average Bonchev–Trinajstić information content (AvgIpc) is 3.32. The van der Waals surface area contributed by atoms with Crippen LogP contribution >= 0.6 is 22.9 Å². The van der Waals surface area contributed by atoms with Gasteiger partial charge in [-0.2, -0.15) is 0 Å². The number of carbonyl (C=O) groups excluding carboxylic acids is 3. The summed E-state index contributed by atoms with van der Waals surface area (Å²) in [4.78, 5) is 47.2. The molecule has 0 saturated carbocycles. The van der Waals surface area contributed by atoms with Gasteiger partial charge in [0.2, 0.25) is 11.8 Å². The number of hydrogen-bond acceptors (Lipinski definition) is 5. The number of likely N-dealkylation sites (tertiary alicyclic amines) is 1. The Hall–Kier alpha value is -3.03. The molecule has 3 aromatic rings. The Morgan fingerprint density at radius 3 is 2.44 bits per heavy atom. The van der Waals surface area contributed by atoms with Gasteiger partial charge in [0, 0.05) is 5.02 Å². The number of nitrogens with zero attached hydrogens (tertiary/aromatic N) is 3. The van der Waals surface area contributed by atoms with Gasteiger partial charge in [-0.25, -0.2) is 4.98 Å². The lowest BCUT2D eigenvalue weighted by Crippen LogP contribution is -2.48. The minimum atomic E-state index is -0.966. The van der Waals surface area contributed by atoms with Crippen molar-refractivity contribution >= 4 is 61.7 Å². The first-order chi connectivity index (χ1) is 15.5. The molecule has 32 heavy (non-hydrogen) atoms. The van der Waals surface area contributed by atoms with Crippen molar-refractivity contribution in [3.8, 4) is 0 Å². The van der Waals surface area contributed by atoms with Gasteiger partial charge >= 0.3 is 0 Å². The van der Waals surface area contributed by atoms with E-state index in [2.05, 4.69) is 4.98 Å². The number of allylic oxidation sites excluding steroid dienone is 2. The fourth-order valence-corrected chi connectivity index (χ4v) is 5.58. The number of hydrogen-bond donors (Lipinski definition) is 0. The highest BCUT2D eigenvalue weighted by atomic mass is 35.5. The number of aromatic nitrogens is 1. The number of rotatable bonds is 4. The van der Waals surface area contributed by atoms with Crippen molar-refractivity contribution in [2.45, 2.75) is 25.8 Å². The first-order valence-corrected chi connectivity index (χ1v) is 11.6. The van der Waals surface area contributed by atoms with E-state index in [1.807, 2.05) is 36.4 Å². The third-order valence-corrected chi connectivity index (χ3v) is 7.30. The van der Waals surface area contributed by atoms with Gasteiger partial charge in [-0.05, 0) is 50.1 Å². The molecule has 2 heterocycles. The van der Waals surface area contributed by atoms with Crippen LogP contribution in [0.5, 0.6) is 0 Å². The van der Waals surface area contributed by atoms with Crippen LogP contribution in [0.25, 0.3) is 10.2 Å². The van der Waals surface area contributed by atoms with Crippen LogP contribution in [0.15, 0.2) is 60.7 Å². The maximum Gasteiger partial charge on any atom is 0.256 e. The lowest BCUT2D eigenvalue weighted by Gasteiger charge is -2.28. The minimum absolute atomic E-state index is 0.277. The molecule has 0 unspecified atom stereocenters. The molecule has 0 radical (unpaired) electrons. The Morgan fingerprint density at radius 2 is 1.78 bits per heavy atom. The van der Waals surface area contributed by atoms with Gasteiger partial charge in [0.1, 0.15) is 6.04 Å². The van der Waals surface area contributed by atoms with E-state index in [-0.39, 0.29) is 23.7 Å². The predicted octanol–water partition coefficient (Wildman–Crippen LogP) is 4.95. The molecular weight excluding hydrogens is 446 g/mol. The van der Waals surface area contributed by atoms with E-state index in [0.717, 1.165) is 15.1 Å². The Kier molecular flexibility index (Phi) is 5.31. The number of carbonyl (C=O) groups is 3. The Bertz CT molecular complexity index is 1210. The fourth-order valence-electron chi connectivity index (χ4n) is 4.41. The van der Waals surface area contributed by atoms with Crippen molar-refractivity contribution in [3.05, 3.63) is 65.7 Å². The predicted molar refractivity (Wildman–Crippen MR) is 125 cm³/mol. The number of amides is 3. The van der Waals surface area contributed by atoms with E-state index in [4.69, 9.17) is 11.6 Å². The van der Waals surface area contributed by atoms with Crippen LogP contribution in [0, 0.1) is 11.8 Å². The van der Waals surface area contributed by atoms with Gasteiger partial charge in [0.15, 0.2) is 5.13 Å². The molecule has 1 aromatic heterocycles. The average molecular weight is 466 g/mol. The summed E-state index contributed by atoms with van der Waals surface area (Å²) >= 11 is 7.58. The largest absolute Gasteiger partial charge is 0.274 e. The molecule has 0 spiro atoms. The smallest absolute Gasteiger partial charge is 0.256 e. The third kappa shape index (κ3) is 3.42. The summed E-state index contributed by atoms with van der Waals surface area (Å²) in [5, 5.41) is 0.933. The lowest BCUT2D eigenvalue weighted by atomic mass is 9.85. The molecule has 3 amide bonds. The van der Waals surface area contributed by atoms with E-state index in [0.29, 0.717) is 28.7 Å². The second-order valence-electron chi connectivity index (χ2n) is 8.00. The number of anilines is 2. The highest BCUT2D eigenvalue weighted by Gasteiger charge is 2.50. The van der Waals surface area contributed by atoms with E-state index in [1.54, 1.807) is 31.2 Å². The van der Waals surface area contributed by atoms with Crippen molar-refractivity contribution < 1.29 is 14.4 Å². The summed E-state index contributed by atoms with van der Waals surface area (Å²) in [6, 6.07) is 13.6. The van der Waals surface area contributed by atoms with Crippen LogP contribution in [-0.2, 0) is 14.4 Å². The molecule has 3 atom stereocenters. The first-order valence-electron chi connectivity index (χ1n) is 10.4. The van der Waals surface area contributed by atoms with E-state index in [9.17, 15) is 14.4 Å². The highest BCUT2D eigenvalue weighted by Crippen LogP contribution is 2.39. The Balaban J connectivity index is 1.54. The molecule has 5 rings (SSSR count). The van der Waals surface area contributed by atoms with Crippen molar-refractivity contribution in [3.63, 3.8) is 0 Å². The summed E-state index contributed by atoms with van der Waals surface area (Å²) in [6.07, 6.45) is 4.93. The van der Waals surface area contributed by atoms with Gasteiger partial charge in [-0.15, -0.1) is 0 Å². The second-order valence-corrected chi connectivity index (χ2v) is 9.44. The lowest BCUT2D eigenvalue weighted by molar-refractivity contribution is -0.146. The molecular formula is C24H20ClN3O3S. The molecule has 8 heteroatoms. The van der Waals surface area contributed by atoms with Crippen LogP contribution in [0.3, 0.4) is 0 Å². The van der Waals surface area contributed by atoms with Crippen LogP contribution < -0.4 is 4.90 Å². The maximum absolute atomic E-state index is 13.8. The van der Waals surface area contributed by atoms with Crippen LogP contribution in [0.2, 0.25) is 5.02 Å². The van der Waals surface area contributed by atoms with Crippen LogP contribution in [0.4, 0.5) is 10.8 Å². The maximum atomic E-state index is 13.8. The zero-order valence-corrected chi connectivity index (χ0v) is 18.8. The Labute approximate surface area is 194 Å². The van der Waals surface area contributed by atoms with Crippen molar-refractivity contribution in [2.75, 3.05) is 4.90 Å². The SMILES string of the molecule is C[C@@H](C(=O)N(c1cccc(Cl)c1)c1nc2ccccc2s1)N1C(=O)[C@H]2CC=CC[C@H]2C1=O. The monoisotopic (exact) mass is 465 g/mol. The number of imide groups is 1. The summed E-state index contributed by atoms with van der Waals surface area (Å²) in [6.45, 7) is 1.60. The summed E-state index contributed by atoms with van der Waals surface area (Å²) in [5.41, 5.74) is 1.30. The molecule has 162 valence electrons. The van der Waals surface area contributed by atoms with Gasteiger partial charge in [0.25, 0.3) is 5.91 Å². The van der Waals surface area contributed by atoms with E-state index < -0.39 is 11.9 Å². The topological polar surface area (TPSA) is 70.6 Å². The standard InChI is InChI=1S/C24H20ClN3O3S/c1-14(27-22(30)17-9-2-3-10-18(17)23(27)31)21(29)28(16-8-6-7-15(25)13-16)24-26-19-11-4-5-12-20(19)32-24/h2-8,11-14,17-18H,9-10H2,1H3/t14-,17-,18+/m0/s1. The van der Waals surface area contributed by atoms with Crippen molar-refractivity contribution in [2.24, 2.45) is 11.8 Å². The fraction of sp³-hybridized carbons (Fsp3) is 0.250. The zero-order valence-electron chi connectivity index (χ0n) is 17.3. The molecule has 1 saturated heterocycles. The first kappa shape index (κ1) is 20.8. The third-order valence-electron chi connectivity index (χ3n) is 6.05. The molecule has 1 aliphatic carbocycles. The van der Waals surface area contributed by atoms with Crippen molar-refractivity contribution in [1.82, 2.24) is 9.88 Å². The molecule has 0 bridgehead atoms. The highest BCUT2D eigenvalue weighted by molar-refractivity contribution is 7.22. The second kappa shape index (κ2) is 8.15. The van der Waals surface area contributed by atoms with Gasteiger partial charge in [0.05, 0.1) is 27.7 Å². The van der Waals surface area contributed by atoms with Gasteiger partial charge in [-0.3, -0.25) is 24.2 Å². The molecule has 0 N–H and O–H groups in total. The van der Waals surface area contributed by atoms with Gasteiger partial charge in [-0.1, -0.05) is 53.3 Å². The Morgan fingerprint density at radius 1 is 1.09 bits per heavy atom. The summed E-state index contributed by atoms with van der Waals surface area (Å²) in [7, 11) is 0. The molecule has 2 aromatic carbocycles. The van der Waals surface area contributed by atoms with E-state index >= 15 is 0 Å². The number of para-hydroxylation sites is 1. The van der Waals surface area contributed by atoms with Crippen LogP contribution in [-0.4, -0.2) is 33.6 Å².